The minimum atomic E-state index is -0.666. The van der Waals surface area contributed by atoms with Gasteiger partial charge in [-0.15, -0.1) is 11.8 Å². The molecular formula is C26H35BrN2O5S. The molecule has 6 atom stereocenters. The largest absolute Gasteiger partial charge is 0.466 e. The molecule has 35 heavy (non-hydrogen) atoms. The van der Waals surface area contributed by atoms with Gasteiger partial charge in [0.15, 0.2) is 0 Å². The Labute approximate surface area is 219 Å². The van der Waals surface area contributed by atoms with Crippen LogP contribution in [0.2, 0.25) is 0 Å². The summed E-state index contributed by atoms with van der Waals surface area (Å²) in [5.74, 6) is -1.76. The fraction of sp³-hybridized carbons (Fsp3) is 0.654. The normalized spacial score (nSPS) is 31.1. The number of aliphatic hydroxyl groups excluding tert-OH is 1. The number of anilines is 1. The smallest absolute Gasteiger partial charge is 0.310 e. The monoisotopic (exact) mass is 566 g/mol. The summed E-state index contributed by atoms with van der Waals surface area (Å²) >= 11 is 5.38. The summed E-state index contributed by atoms with van der Waals surface area (Å²) in [7, 11) is 0. The van der Waals surface area contributed by atoms with E-state index < -0.39 is 22.6 Å². The molecule has 4 rings (SSSR count). The lowest BCUT2D eigenvalue weighted by molar-refractivity contribution is -0.153. The average Bonchev–Trinajstić information content (AvgIpc) is 3.40. The lowest BCUT2D eigenvalue weighted by Crippen LogP contribution is -2.52. The molecular weight excluding hydrogens is 532 g/mol. The lowest BCUT2D eigenvalue weighted by atomic mass is 9.71. The Balaban J connectivity index is 1.66. The molecule has 0 radical (unpaired) electrons. The molecule has 2 bridgehead atoms. The number of likely N-dealkylation sites (tertiary alicyclic amines) is 1. The molecule has 7 nitrogen and oxygen atoms in total. The zero-order valence-electron chi connectivity index (χ0n) is 20.6. The van der Waals surface area contributed by atoms with Crippen molar-refractivity contribution in [3.05, 3.63) is 29.3 Å². The first kappa shape index (κ1) is 26.5. The van der Waals surface area contributed by atoms with Crippen molar-refractivity contribution in [2.24, 2.45) is 11.8 Å². The summed E-state index contributed by atoms with van der Waals surface area (Å²) < 4.78 is 4.73. The van der Waals surface area contributed by atoms with Crippen molar-refractivity contribution in [3.8, 4) is 0 Å². The second-order valence-corrected chi connectivity index (χ2v) is 12.6. The van der Waals surface area contributed by atoms with Gasteiger partial charge in [0.25, 0.3) is 0 Å². The van der Waals surface area contributed by atoms with E-state index >= 15 is 0 Å². The number of nitrogens with zero attached hydrogens (tertiary/aromatic N) is 1. The van der Waals surface area contributed by atoms with E-state index in [0.717, 1.165) is 42.5 Å². The molecule has 192 valence electrons. The fourth-order valence-electron chi connectivity index (χ4n) is 6.00. The van der Waals surface area contributed by atoms with Gasteiger partial charge in [0.2, 0.25) is 11.8 Å². The number of rotatable bonds is 10. The van der Waals surface area contributed by atoms with E-state index in [-0.39, 0.29) is 41.1 Å². The van der Waals surface area contributed by atoms with E-state index in [1.54, 1.807) is 23.6 Å². The number of hydrogen-bond acceptors (Lipinski definition) is 6. The maximum Gasteiger partial charge on any atom is 0.310 e. The third-order valence-electron chi connectivity index (χ3n) is 7.55. The molecule has 0 saturated carbocycles. The first-order chi connectivity index (χ1) is 16.7. The maximum absolute atomic E-state index is 13.9. The predicted octanol–water partition coefficient (Wildman–Crippen LogP) is 3.82. The molecule has 1 aromatic rings. The number of carbonyl (C=O) groups is 3. The van der Waals surface area contributed by atoms with Gasteiger partial charge in [0, 0.05) is 28.9 Å². The predicted molar refractivity (Wildman–Crippen MR) is 141 cm³/mol. The van der Waals surface area contributed by atoms with Crippen molar-refractivity contribution in [1.82, 2.24) is 4.90 Å². The van der Waals surface area contributed by atoms with Gasteiger partial charge in [-0.1, -0.05) is 40.9 Å². The van der Waals surface area contributed by atoms with Crippen LogP contribution in [0.25, 0.3) is 0 Å². The van der Waals surface area contributed by atoms with Crippen LogP contribution in [0.4, 0.5) is 5.69 Å². The first-order valence-corrected chi connectivity index (χ1v) is 14.3. The molecule has 3 aliphatic heterocycles. The Morgan fingerprint density at radius 2 is 2.00 bits per heavy atom. The molecule has 0 aromatic heterocycles. The summed E-state index contributed by atoms with van der Waals surface area (Å²) in [5.41, 5.74) is 2.76. The highest BCUT2D eigenvalue weighted by atomic mass is 79.9. The number of fused-ring (bicyclic) bond motifs is 1. The number of unbranched alkanes of at least 4 members (excludes halogenated alkanes) is 3. The first-order valence-electron chi connectivity index (χ1n) is 12.5. The van der Waals surface area contributed by atoms with E-state index in [9.17, 15) is 14.4 Å². The van der Waals surface area contributed by atoms with Crippen LogP contribution in [0.5, 0.6) is 0 Å². The molecule has 3 saturated heterocycles. The molecule has 1 aromatic carbocycles. The van der Waals surface area contributed by atoms with Gasteiger partial charge in [-0.05, 0) is 57.2 Å². The molecule has 2 N–H and O–H groups in total. The standard InChI is InChI=1S/C26H35BrN2O5S/c1-4-34-25(33)19-20-24(32)29(11-7-5-6-8-12-30)22(26(20)14-17(27)21(19)35-26)23(31)28-18-13-15(2)9-10-16(18)3/h9-10,13,17,19-22,30H,4-8,11-12,14H2,1-3H3,(H,28,31)/t17?,19-,20-,21-,22?,26?/m0/s1. The van der Waals surface area contributed by atoms with Crippen LogP contribution in [0.1, 0.15) is 50.2 Å². The second-order valence-electron chi connectivity index (χ2n) is 9.89. The van der Waals surface area contributed by atoms with Gasteiger partial charge in [0.05, 0.1) is 23.2 Å². The molecule has 0 aliphatic carbocycles. The second kappa shape index (κ2) is 10.8. The van der Waals surface area contributed by atoms with Crippen LogP contribution in [0.15, 0.2) is 18.2 Å². The average molecular weight is 568 g/mol. The molecule has 3 aliphatic rings. The highest BCUT2D eigenvalue weighted by Crippen LogP contribution is 2.67. The Kier molecular flexibility index (Phi) is 8.18. The van der Waals surface area contributed by atoms with Crippen molar-refractivity contribution < 1.29 is 24.2 Å². The summed E-state index contributed by atoms with van der Waals surface area (Å²) in [5, 5.41) is 12.1. The molecule has 1 spiro atoms. The number of carbonyl (C=O) groups excluding carboxylic acids is 3. The fourth-order valence-corrected chi connectivity index (χ4v) is 9.60. The highest BCUT2D eigenvalue weighted by molar-refractivity contribution is 9.09. The number of ether oxygens (including phenoxy) is 1. The molecule has 3 unspecified atom stereocenters. The van der Waals surface area contributed by atoms with E-state index in [4.69, 9.17) is 9.84 Å². The Hall–Kier alpha value is -1.58. The van der Waals surface area contributed by atoms with Crippen molar-refractivity contribution in [2.45, 2.75) is 73.7 Å². The van der Waals surface area contributed by atoms with Gasteiger partial charge in [-0.2, -0.15) is 0 Å². The summed E-state index contributed by atoms with van der Waals surface area (Å²) in [4.78, 5) is 42.6. The molecule has 3 fully saturated rings. The third kappa shape index (κ3) is 4.76. The number of thioether (sulfide) groups is 1. The Bertz CT molecular complexity index is 990. The van der Waals surface area contributed by atoms with Gasteiger partial charge in [-0.25, -0.2) is 0 Å². The number of hydrogen-bond donors (Lipinski definition) is 2. The number of esters is 1. The zero-order chi connectivity index (χ0) is 25.3. The Morgan fingerprint density at radius 1 is 1.26 bits per heavy atom. The Morgan fingerprint density at radius 3 is 2.71 bits per heavy atom. The number of benzene rings is 1. The van der Waals surface area contributed by atoms with Gasteiger partial charge >= 0.3 is 5.97 Å². The van der Waals surface area contributed by atoms with E-state index in [1.807, 2.05) is 32.0 Å². The van der Waals surface area contributed by atoms with E-state index in [0.29, 0.717) is 13.0 Å². The van der Waals surface area contributed by atoms with Gasteiger partial charge in [-0.3, -0.25) is 14.4 Å². The van der Waals surface area contributed by atoms with Crippen molar-refractivity contribution in [2.75, 3.05) is 25.1 Å². The van der Waals surface area contributed by atoms with Crippen molar-refractivity contribution in [1.29, 1.82) is 0 Å². The van der Waals surface area contributed by atoms with Crippen LogP contribution in [0.3, 0.4) is 0 Å². The minimum absolute atomic E-state index is 0.0338. The number of alkyl halides is 1. The molecule has 2 amide bonds. The van der Waals surface area contributed by atoms with Crippen LogP contribution in [-0.4, -0.2) is 68.4 Å². The van der Waals surface area contributed by atoms with Crippen LogP contribution < -0.4 is 5.32 Å². The van der Waals surface area contributed by atoms with Gasteiger partial charge in [0.1, 0.15) is 6.04 Å². The topological polar surface area (TPSA) is 95.9 Å². The molecule has 9 heteroatoms. The van der Waals surface area contributed by atoms with Crippen LogP contribution >= 0.6 is 27.7 Å². The van der Waals surface area contributed by atoms with E-state index in [1.165, 1.54) is 0 Å². The van der Waals surface area contributed by atoms with Crippen molar-refractivity contribution >= 4 is 51.2 Å². The minimum Gasteiger partial charge on any atom is -0.466 e. The third-order valence-corrected chi connectivity index (χ3v) is 10.8. The van der Waals surface area contributed by atoms with Crippen LogP contribution in [-0.2, 0) is 19.1 Å². The summed E-state index contributed by atoms with van der Waals surface area (Å²) in [6.45, 7) is 6.58. The number of amides is 2. The van der Waals surface area contributed by atoms with Crippen LogP contribution in [0, 0.1) is 25.7 Å². The number of nitrogens with one attached hydrogen (secondary N) is 1. The summed E-state index contributed by atoms with van der Waals surface area (Å²) in [6.07, 6.45) is 3.87. The quantitative estimate of drug-likeness (QED) is 0.254. The maximum atomic E-state index is 13.9. The lowest BCUT2D eigenvalue weighted by Gasteiger charge is -2.35. The number of aliphatic hydroxyl groups is 1. The number of aryl methyl sites for hydroxylation is 2. The highest BCUT2D eigenvalue weighted by Gasteiger charge is 2.75. The summed E-state index contributed by atoms with van der Waals surface area (Å²) in [6, 6.07) is 5.27. The zero-order valence-corrected chi connectivity index (χ0v) is 23.0. The van der Waals surface area contributed by atoms with Crippen molar-refractivity contribution in [3.63, 3.8) is 0 Å². The van der Waals surface area contributed by atoms with E-state index in [2.05, 4.69) is 21.2 Å². The molecule has 3 heterocycles. The number of halogens is 1. The van der Waals surface area contributed by atoms with Gasteiger partial charge < -0.3 is 20.1 Å². The SMILES string of the molecule is CCOC(=O)[C@H]1[C@H]2C(=O)N(CCCCCCO)C(C(=O)Nc3cc(C)ccc3C)C23CC(Br)[C@@H]1S3.